The minimum absolute atomic E-state index is 0.265. The van der Waals surface area contributed by atoms with Crippen molar-refractivity contribution < 1.29 is 27.1 Å². The predicted molar refractivity (Wildman–Crippen MR) is 131 cm³/mol. The highest BCUT2D eigenvalue weighted by atomic mass is 32.1. The second-order valence-electron chi connectivity index (χ2n) is 8.74. The molecule has 194 valence electrons. The first kappa shape index (κ1) is 26.2. The maximum absolute atomic E-state index is 13.7. The number of alkyl halides is 3. The average Bonchev–Trinajstić information content (AvgIpc) is 3.53. The predicted octanol–water partition coefficient (Wildman–Crippen LogP) is 4.76. The number of nitrogens with one attached hydrogen (secondary N) is 1. The third-order valence-electron chi connectivity index (χ3n) is 5.95. The molecule has 0 unspecified atom stereocenters. The number of anilines is 1. The molecule has 1 N–H and O–H groups in total. The van der Waals surface area contributed by atoms with E-state index < -0.39 is 28.7 Å². The molecule has 3 aromatic rings. The van der Waals surface area contributed by atoms with E-state index >= 15 is 0 Å². The van der Waals surface area contributed by atoms with E-state index in [0.29, 0.717) is 26.3 Å². The van der Waals surface area contributed by atoms with Gasteiger partial charge < -0.3 is 19.4 Å². The van der Waals surface area contributed by atoms with Crippen molar-refractivity contribution in [3.8, 4) is 0 Å². The molecule has 1 saturated heterocycles. The van der Waals surface area contributed by atoms with E-state index in [1.807, 2.05) is 42.3 Å². The largest absolute Gasteiger partial charge is 0.468 e. The van der Waals surface area contributed by atoms with Crippen molar-refractivity contribution in [3.63, 3.8) is 0 Å². The highest BCUT2D eigenvalue weighted by Gasteiger charge is 2.39. The molecular weight excluding hydrogens is 493 g/mol. The first-order chi connectivity index (χ1) is 17.2. The van der Waals surface area contributed by atoms with Gasteiger partial charge in [0.15, 0.2) is 5.69 Å². The average molecular weight is 523 g/mol. The molecule has 0 spiro atoms. The van der Waals surface area contributed by atoms with Crippen molar-refractivity contribution in [1.82, 2.24) is 15.2 Å². The van der Waals surface area contributed by atoms with Gasteiger partial charge in [-0.1, -0.05) is 12.1 Å². The van der Waals surface area contributed by atoms with Gasteiger partial charge in [0, 0.05) is 31.7 Å². The first-order valence-electron chi connectivity index (χ1n) is 11.7. The summed E-state index contributed by atoms with van der Waals surface area (Å²) in [5, 5.41) is 2.99. The summed E-state index contributed by atoms with van der Waals surface area (Å²) >= 11 is 0.792. The summed E-state index contributed by atoms with van der Waals surface area (Å²) in [4.78, 5) is 20.4. The Labute approximate surface area is 211 Å². The summed E-state index contributed by atoms with van der Waals surface area (Å²) in [5.41, 5.74) is 0.666. The van der Waals surface area contributed by atoms with Gasteiger partial charge in [0.25, 0.3) is 5.91 Å². The lowest BCUT2D eigenvalue weighted by molar-refractivity contribution is -0.141. The summed E-state index contributed by atoms with van der Waals surface area (Å²) in [7, 11) is 1.85. The van der Waals surface area contributed by atoms with Crippen LogP contribution in [0.3, 0.4) is 0 Å². The fourth-order valence-corrected chi connectivity index (χ4v) is 4.98. The fourth-order valence-electron chi connectivity index (χ4n) is 4.01. The molecule has 36 heavy (non-hydrogen) atoms. The molecule has 1 aliphatic heterocycles. The number of hydrogen-bond acceptors (Lipinski definition) is 7. The minimum Gasteiger partial charge on any atom is -0.468 e. The van der Waals surface area contributed by atoms with E-state index in [2.05, 4.69) is 15.2 Å². The first-order valence-corrected chi connectivity index (χ1v) is 12.5. The lowest BCUT2D eigenvalue weighted by Crippen LogP contribution is -2.36. The maximum atomic E-state index is 13.7. The second-order valence-corrected chi connectivity index (χ2v) is 9.82. The molecule has 7 nitrogen and oxygen atoms in total. The van der Waals surface area contributed by atoms with Gasteiger partial charge in [-0.15, -0.1) is 11.3 Å². The Morgan fingerprint density at radius 3 is 2.72 bits per heavy atom. The number of furan rings is 1. The highest BCUT2D eigenvalue weighted by Crippen LogP contribution is 2.35. The standard InChI is InChI=1S/C25H29F3N4O3S/c1-17(18-5-3-6-19(15-18)32-10-13-34-14-11-32)29-24(33)22-23(25(26,27)28)30-21(36-22)8-9-31(2)16-20-7-4-12-35-20/h3-7,12,15,17H,8-11,13-14,16H2,1-2H3,(H,29,33)/t17-/m0/s1. The van der Waals surface area contributed by atoms with E-state index in [1.165, 1.54) is 0 Å². The van der Waals surface area contributed by atoms with Crippen LogP contribution in [0.2, 0.25) is 0 Å². The maximum Gasteiger partial charge on any atom is 0.435 e. The van der Waals surface area contributed by atoms with Crippen LogP contribution in [0.5, 0.6) is 0 Å². The van der Waals surface area contributed by atoms with Gasteiger partial charge in [0.1, 0.15) is 10.6 Å². The molecule has 0 bridgehead atoms. The summed E-state index contributed by atoms with van der Waals surface area (Å²) in [6.45, 7) is 5.57. The molecule has 1 aromatic carbocycles. The quantitative estimate of drug-likeness (QED) is 0.437. The van der Waals surface area contributed by atoms with Crippen molar-refractivity contribution in [2.75, 3.05) is 44.8 Å². The van der Waals surface area contributed by atoms with Crippen LogP contribution < -0.4 is 10.2 Å². The summed E-state index contributed by atoms with van der Waals surface area (Å²) in [6.07, 6.45) is -2.86. The van der Waals surface area contributed by atoms with E-state index in [1.54, 1.807) is 19.3 Å². The molecule has 0 saturated carbocycles. The number of nitrogens with zero attached hydrogens (tertiary/aromatic N) is 3. The molecule has 3 heterocycles. The highest BCUT2D eigenvalue weighted by molar-refractivity contribution is 7.13. The van der Waals surface area contributed by atoms with Gasteiger partial charge >= 0.3 is 6.18 Å². The van der Waals surface area contributed by atoms with Gasteiger partial charge in [0.05, 0.1) is 37.1 Å². The number of ether oxygens (including phenoxy) is 1. The van der Waals surface area contributed by atoms with Crippen LogP contribution in [0.15, 0.2) is 47.1 Å². The van der Waals surface area contributed by atoms with Crippen molar-refractivity contribution in [2.45, 2.75) is 32.1 Å². The number of likely N-dealkylation sites (N-methyl/N-ethyl adjacent to an activating group) is 1. The molecular formula is C25H29F3N4O3S. The number of hydrogen-bond donors (Lipinski definition) is 1. The Hall–Kier alpha value is -2.89. The van der Waals surface area contributed by atoms with Crippen LogP contribution >= 0.6 is 11.3 Å². The van der Waals surface area contributed by atoms with Crippen LogP contribution in [-0.4, -0.2) is 55.7 Å². The van der Waals surface area contributed by atoms with E-state index in [9.17, 15) is 18.0 Å². The Bertz CT molecular complexity index is 1140. The molecule has 1 fully saturated rings. The van der Waals surface area contributed by atoms with Crippen molar-refractivity contribution in [3.05, 3.63) is 69.6 Å². The van der Waals surface area contributed by atoms with Crippen LogP contribution in [-0.2, 0) is 23.9 Å². The minimum atomic E-state index is -4.72. The van der Waals surface area contributed by atoms with E-state index in [0.717, 1.165) is 41.4 Å². The molecule has 0 radical (unpaired) electrons. The molecule has 1 aliphatic rings. The second kappa shape index (κ2) is 11.4. The Balaban J connectivity index is 1.44. The molecule has 0 aliphatic carbocycles. The number of carbonyl (C=O) groups is 1. The SMILES string of the molecule is C[C@H](NC(=O)c1sc(CCN(C)Cc2ccco2)nc1C(F)(F)F)c1cccc(N2CCOCC2)c1. The zero-order chi connectivity index (χ0) is 25.7. The summed E-state index contributed by atoms with van der Waals surface area (Å²) in [6, 6.07) is 10.8. The molecule has 2 aromatic heterocycles. The van der Waals surface area contributed by atoms with E-state index in [4.69, 9.17) is 9.15 Å². The van der Waals surface area contributed by atoms with Crippen LogP contribution in [0, 0.1) is 0 Å². The number of aromatic nitrogens is 1. The Morgan fingerprint density at radius 2 is 2.03 bits per heavy atom. The number of benzene rings is 1. The van der Waals surface area contributed by atoms with Gasteiger partial charge in [-0.3, -0.25) is 9.69 Å². The molecule has 1 amide bonds. The third kappa shape index (κ3) is 6.65. The number of carbonyl (C=O) groups excluding carboxylic acids is 1. The Kier molecular flexibility index (Phi) is 8.32. The van der Waals surface area contributed by atoms with Gasteiger partial charge in [0.2, 0.25) is 0 Å². The molecule has 11 heteroatoms. The van der Waals surface area contributed by atoms with Gasteiger partial charge in [-0.05, 0) is 43.8 Å². The zero-order valence-electron chi connectivity index (χ0n) is 20.2. The third-order valence-corrected chi connectivity index (χ3v) is 7.07. The Morgan fingerprint density at radius 1 is 1.25 bits per heavy atom. The van der Waals surface area contributed by atoms with E-state index in [-0.39, 0.29) is 11.4 Å². The summed E-state index contributed by atoms with van der Waals surface area (Å²) < 4.78 is 51.9. The zero-order valence-corrected chi connectivity index (χ0v) is 21.0. The van der Waals surface area contributed by atoms with Crippen molar-refractivity contribution in [1.29, 1.82) is 0 Å². The van der Waals surface area contributed by atoms with Crippen molar-refractivity contribution in [2.24, 2.45) is 0 Å². The number of amides is 1. The van der Waals surface area contributed by atoms with Gasteiger partial charge in [-0.25, -0.2) is 4.98 Å². The van der Waals surface area contributed by atoms with Crippen LogP contribution in [0.25, 0.3) is 0 Å². The van der Waals surface area contributed by atoms with Crippen LogP contribution in [0.4, 0.5) is 18.9 Å². The number of halogens is 3. The summed E-state index contributed by atoms with van der Waals surface area (Å²) in [5.74, 6) is -0.0151. The van der Waals surface area contributed by atoms with Gasteiger partial charge in [-0.2, -0.15) is 13.2 Å². The number of morpholine rings is 1. The molecule has 1 atom stereocenters. The fraction of sp³-hybridized carbons (Fsp3) is 0.440. The lowest BCUT2D eigenvalue weighted by Gasteiger charge is -2.29. The van der Waals surface area contributed by atoms with Crippen LogP contribution in [0.1, 0.15) is 44.7 Å². The monoisotopic (exact) mass is 522 g/mol. The van der Waals surface area contributed by atoms with Crippen molar-refractivity contribution >= 4 is 22.9 Å². The molecule has 4 rings (SSSR count). The normalized spacial score (nSPS) is 15.3. The smallest absolute Gasteiger partial charge is 0.435 e. The number of rotatable bonds is 9. The number of thiazole rings is 1. The lowest BCUT2D eigenvalue weighted by atomic mass is 10.1. The topological polar surface area (TPSA) is 70.8 Å².